The van der Waals surface area contributed by atoms with Gasteiger partial charge in [0.05, 0.1) is 42.0 Å². The molecule has 10 rings (SSSR count). The summed E-state index contributed by atoms with van der Waals surface area (Å²) in [6, 6.07) is 10.2. The van der Waals surface area contributed by atoms with Gasteiger partial charge in [0.1, 0.15) is 18.8 Å². The molecule has 8 bridgehead atoms. The molecule has 1 spiro atoms. The Hall–Kier alpha value is -2.49. The zero-order valence-electron chi connectivity index (χ0n) is 30.2. The van der Waals surface area contributed by atoms with Gasteiger partial charge in [-0.15, -0.1) is 5.92 Å². The van der Waals surface area contributed by atoms with Gasteiger partial charge in [0.25, 0.3) is 0 Å². The summed E-state index contributed by atoms with van der Waals surface area (Å²) >= 11 is 0. The van der Waals surface area contributed by atoms with Crippen molar-refractivity contribution < 1.29 is 34.3 Å². The van der Waals surface area contributed by atoms with Crippen molar-refractivity contribution in [3.63, 3.8) is 0 Å². The molecule has 4 aliphatic carbocycles. The number of fused-ring (bicyclic) bond motifs is 4. The molecule has 7 heteroatoms. The predicted molar refractivity (Wildman–Crippen MR) is 188 cm³/mol. The molecule has 3 N–H and O–H groups in total. The molecular formula is C43H54O7. The maximum Gasteiger partial charge on any atom is 0.159 e. The maximum atomic E-state index is 14.4. The second-order valence-corrected chi connectivity index (χ2v) is 17.5. The molecule has 268 valence electrons. The van der Waals surface area contributed by atoms with Crippen LogP contribution in [0.5, 0.6) is 0 Å². The van der Waals surface area contributed by atoms with Gasteiger partial charge in [-0.3, -0.25) is 4.79 Å². The van der Waals surface area contributed by atoms with Crippen LogP contribution in [-0.4, -0.2) is 76.0 Å². The topological polar surface area (TPSA) is 105 Å². The standard InChI is InChI=1S/C43H54O7/c1-25-26(2)38-39(46)42(5,47)36-17-19-43-32-23-35(45)33-22-30(48-24-28(13-10-20-49-43)27-11-7-6-8-12-27)16-18-40(33,3)31(32)21-29(41(36,43)4)14-9-15-34(44)37(25)50-38/h6-8,11-12,23,25-26,28-31,33-34,36-39,44,46-47H,14,16-22,24H2,1-5H3. The molecule has 0 radical (unpaired) electrons. The highest BCUT2D eigenvalue weighted by Crippen LogP contribution is 2.72. The number of ketones is 1. The third-order valence-corrected chi connectivity index (χ3v) is 15.4. The predicted octanol–water partition coefficient (Wildman–Crippen LogP) is 5.22. The van der Waals surface area contributed by atoms with Crippen molar-refractivity contribution in [1.29, 1.82) is 0 Å². The van der Waals surface area contributed by atoms with Crippen LogP contribution in [0.2, 0.25) is 0 Å². The average Bonchev–Trinajstić information content (AvgIpc) is 3.58. The van der Waals surface area contributed by atoms with Crippen LogP contribution in [0.1, 0.15) is 91.0 Å². The van der Waals surface area contributed by atoms with Crippen molar-refractivity contribution in [2.24, 2.45) is 46.3 Å². The van der Waals surface area contributed by atoms with Crippen LogP contribution in [0.15, 0.2) is 42.0 Å². The van der Waals surface area contributed by atoms with Crippen molar-refractivity contribution in [1.82, 2.24) is 0 Å². The van der Waals surface area contributed by atoms with Gasteiger partial charge in [-0.25, -0.2) is 0 Å². The molecule has 0 amide bonds. The van der Waals surface area contributed by atoms with Crippen molar-refractivity contribution in [3.05, 3.63) is 47.5 Å². The number of aliphatic hydroxyl groups is 3. The summed E-state index contributed by atoms with van der Waals surface area (Å²) in [5.41, 5.74) is -1.27. The van der Waals surface area contributed by atoms with E-state index in [4.69, 9.17) is 14.2 Å². The third-order valence-electron chi connectivity index (χ3n) is 15.4. The van der Waals surface area contributed by atoms with Gasteiger partial charge >= 0.3 is 0 Å². The Bertz CT molecular complexity index is 1660. The largest absolute Gasteiger partial charge is 0.387 e. The van der Waals surface area contributed by atoms with E-state index < -0.39 is 41.0 Å². The smallest absolute Gasteiger partial charge is 0.159 e. The summed E-state index contributed by atoms with van der Waals surface area (Å²) in [5.74, 6) is 12.9. The van der Waals surface area contributed by atoms with Gasteiger partial charge in [-0.1, -0.05) is 75.8 Å². The fraction of sp³-hybridized carbons (Fsp3) is 0.698. The van der Waals surface area contributed by atoms with Crippen LogP contribution in [0.4, 0.5) is 0 Å². The summed E-state index contributed by atoms with van der Waals surface area (Å²) in [4.78, 5) is 14.4. The molecule has 5 aliphatic heterocycles. The molecule has 5 heterocycles. The number of benzene rings is 1. The zero-order valence-corrected chi connectivity index (χ0v) is 30.2. The van der Waals surface area contributed by atoms with Crippen LogP contribution in [-0.2, 0) is 19.0 Å². The lowest BCUT2D eigenvalue weighted by Crippen LogP contribution is -2.66. The second-order valence-electron chi connectivity index (χ2n) is 17.5. The van der Waals surface area contributed by atoms with Crippen molar-refractivity contribution in [2.45, 2.75) is 127 Å². The highest BCUT2D eigenvalue weighted by molar-refractivity contribution is 5.95. The summed E-state index contributed by atoms with van der Waals surface area (Å²) in [7, 11) is 0. The lowest BCUT2D eigenvalue weighted by molar-refractivity contribution is -0.219. The number of ether oxygens (including phenoxy) is 3. The molecule has 7 nitrogen and oxygen atoms in total. The average molecular weight is 683 g/mol. The summed E-state index contributed by atoms with van der Waals surface area (Å²) in [6.45, 7) is 11.0. The highest BCUT2D eigenvalue weighted by atomic mass is 16.5. The van der Waals surface area contributed by atoms with Gasteiger partial charge in [0.2, 0.25) is 0 Å². The van der Waals surface area contributed by atoms with E-state index in [1.165, 1.54) is 0 Å². The van der Waals surface area contributed by atoms with Crippen LogP contribution < -0.4 is 0 Å². The molecule has 50 heavy (non-hydrogen) atoms. The van der Waals surface area contributed by atoms with E-state index in [0.29, 0.717) is 32.3 Å². The highest BCUT2D eigenvalue weighted by Gasteiger charge is 2.73. The molecular weight excluding hydrogens is 628 g/mol. The quantitative estimate of drug-likeness (QED) is 0.349. The van der Waals surface area contributed by atoms with E-state index in [0.717, 1.165) is 30.4 Å². The molecule has 0 aromatic heterocycles. The number of aliphatic hydroxyl groups excluding tert-OH is 2. The molecule has 3 saturated carbocycles. The summed E-state index contributed by atoms with van der Waals surface area (Å²) < 4.78 is 20.2. The lowest BCUT2D eigenvalue weighted by Gasteiger charge is -2.64. The van der Waals surface area contributed by atoms with Crippen molar-refractivity contribution >= 4 is 5.78 Å². The normalized spacial score (nSPS) is 51.1. The van der Waals surface area contributed by atoms with Gasteiger partial charge in [0, 0.05) is 17.8 Å². The maximum absolute atomic E-state index is 14.4. The third kappa shape index (κ3) is 4.91. The lowest BCUT2D eigenvalue weighted by atomic mass is 9.42. The first kappa shape index (κ1) is 34.6. The molecule has 1 aromatic rings. The number of hydrogen-bond donors (Lipinski definition) is 3. The molecule has 1 aromatic carbocycles. The Morgan fingerprint density at radius 2 is 1.66 bits per heavy atom. The second kappa shape index (κ2) is 12.3. The minimum Gasteiger partial charge on any atom is -0.387 e. The SMILES string of the molecule is CC1C(C)C2OC1C(O)C#CCC1CC3C4=CC(=O)C5CC(CCC53C)OCC(c3ccccc3)C#CCOC43CCC(C(C)(O)C2O)C13C. The van der Waals surface area contributed by atoms with Crippen molar-refractivity contribution in [2.75, 3.05) is 13.2 Å². The van der Waals surface area contributed by atoms with E-state index in [2.05, 4.69) is 49.7 Å². The minimum atomic E-state index is -1.54. The van der Waals surface area contributed by atoms with Crippen LogP contribution >= 0.6 is 0 Å². The fourth-order valence-electron chi connectivity index (χ4n) is 12.2. The van der Waals surface area contributed by atoms with E-state index in [1.807, 2.05) is 38.1 Å². The number of carbonyl (C=O) groups excluding carboxylic acids is 1. The number of allylic oxidation sites excluding steroid dienone is 1. The van der Waals surface area contributed by atoms with Gasteiger partial charge in [0.15, 0.2) is 5.78 Å². The molecule has 16 atom stereocenters. The number of carbonyl (C=O) groups is 1. The fourth-order valence-corrected chi connectivity index (χ4v) is 12.2. The first-order chi connectivity index (χ1) is 23.8. The van der Waals surface area contributed by atoms with E-state index in [1.54, 1.807) is 6.92 Å². The van der Waals surface area contributed by atoms with E-state index in [9.17, 15) is 20.1 Å². The van der Waals surface area contributed by atoms with Crippen LogP contribution in [0.3, 0.4) is 0 Å². The number of rotatable bonds is 1. The minimum absolute atomic E-state index is 0.00879. The molecule has 9 aliphatic rings. The van der Waals surface area contributed by atoms with Gasteiger partial charge in [-0.2, -0.15) is 0 Å². The first-order valence-corrected chi connectivity index (χ1v) is 19.1. The Balaban J connectivity index is 1.29. The van der Waals surface area contributed by atoms with Crippen molar-refractivity contribution in [3.8, 4) is 23.7 Å². The Labute approximate surface area is 297 Å². The summed E-state index contributed by atoms with van der Waals surface area (Å²) in [5, 5.41) is 36.1. The first-order valence-electron chi connectivity index (χ1n) is 19.1. The number of hydrogen-bond acceptors (Lipinski definition) is 7. The van der Waals surface area contributed by atoms with E-state index in [-0.39, 0.29) is 65.3 Å². The monoisotopic (exact) mass is 682 g/mol. The van der Waals surface area contributed by atoms with Gasteiger partial charge < -0.3 is 29.5 Å². The molecule has 4 fully saturated rings. The van der Waals surface area contributed by atoms with Gasteiger partial charge in [-0.05, 0) is 97.7 Å². The Morgan fingerprint density at radius 3 is 2.44 bits per heavy atom. The Morgan fingerprint density at radius 1 is 0.900 bits per heavy atom. The van der Waals surface area contributed by atoms with E-state index >= 15 is 0 Å². The van der Waals surface area contributed by atoms with Crippen LogP contribution in [0, 0.1) is 70.0 Å². The zero-order chi connectivity index (χ0) is 35.2. The molecule has 16 unspecified atom stereocenters. The molecule has 1 saturated heterocycles. The van der Waals surface area contributed by atoms with Crippen LogP contribution in [0.25, 0.3) is 0 Å². The summed E-state index contributed by atoms with van der Waals surface area (Å²) in [6.07, 6.45) is 3.49. The Kier molecular flexibility index (Phi) is 8.51.